The zero-order chi connectivity index (χ0) is 78.9. The molecule has 10 saturated carbocycles. The second-order valence-corrected chi connectivity index (χ2v) is 33.4. The third-order valence-corrected chi connectivity index (χ3v) is 23.9. The molecule has 0 aromatic carbocycles. The molecular weight excluding hydrogens is 1380 g/mol. The van der Waals surface area contributed by atoms with E-state index in [2.05, 4.69) is 29.2 Å². The average Bonchev–Trinajstić information content (AvgIpc) is 1.32. The van der Waals surface area contributed by atoms with Crippen molar-refractivity contribution in [3.63, 3.8) is 0 Å². The van der Waals surface area contributed by atoms with Crippen LogP contribution >= 0.6 is 0 Å². The Labute approximate surface area is 630 Å². The fourth-order valence-electron chi connectivity index (χ4n) is 15.5. The number of alkyl halides is 6. The van der Waals surface area contributed by atoms with Gasteiger partial charge in [0, 0.05) is 138 Å². The molecule has 578 valence electrons. The average molecular weight is 1490 g/mol. The van der Waals surface area contributed by atoms with Gasteiger partial charge in [-0.15, -0.1) is 0 Å². The van der Waals surface area contributed by atoms with Crippen LogP contribution in [0.1, 0.15) is 249 Å². The van der Waals surface area contributed by atoms with E-state index in [9.17, 15) is 89.3 Å². The number of aliphatic hydroxyl groups is 3. The number of carboxylic acid groups (broad SMARTS) is 2. The molecule has 0 saturated heterocycles. The van der Waals surface area contributed by atoms with Crippen LogP contribution in [-0.2, 0) is 57.5 Å². The van der Waals surface area contributed by atoms with Crippen LogP contribution in [0.15, 0.2) is 0 Å². The number of hydrogen-bond acceptors (Lipinski definition) is 15. The van der Waals surface area contributed by atoms with Gasteiger partial charge in [0.05, 0.1) is 19.2 Å². The molecule has 106 heavy (non-hydrogen) atoms. The first-order valence-corrected chi connectivity index (χ1v) is 36.4. The Bertz CT molecular complexity index is 3080. The lowest BCUT2D eigenvalue weighted by molar-refractivity contribution is -0.155. The number of ether oxygens (including phenoxy) is 1. The highest BCUT2D eigenvalue weighted by atomic mass is 19.3. The SMILES string of the molecule is C.C.CC1(C(O)C(=O)O)CC1.CC1(C[C@H](NC(=O)C2CC2(F)F)C(=O)CC2(C(=O)C(N)=O)CCC2)CCCC1.CC1(C[C@H](NC(=O)C2CC2(F)F)C(=O)CC2(C(O)C(N)=O)CCC2)CCCC1.COC(=O)C(O)C1(CC(=O)[C@@H](C)CC2(C)CCCC2)CC1.O=C(O)C1CC1(F)F.[B]B([B])B(B([B])[B])B([B])[B]. The maximum Gasteiger partial charge on any atom is 0.335 e. The molecule has 12 radical (unpaired) electrons. The van der Waals surface area contributed by atoms with Gasteiger partial charge in [0.2, 0.25) is 23.5 Å². The van der Waals surface area contributed by atoms with Crippen LogP contribution in [0.2, 0.25) is 0 Å². The minimum atomic E-state index is -3.01. The van der Waals surface area contributed by atoms with Gasteiger partial charge in [0.1, 0.15) is 29.6 Å². The van der Waals surface area contributed by atoms with Crippen LogP contribution in [0, 0.1) is 61.6 Å². The van der Waals surface area contributed by atoms with Gasteiger partial charge in [-0.2, -0.15) is 0 Å². The highest BCUT2D eigenvalue weighted by Crippen LogP contribution is 2.56. The van der Waals surface area contributed by atoms with Crippen molar-refractivity contribution in [1.82, 2.24) is 10.6 Å². The van der Waals surface area contributed by atoms with E-state index in [1.54, 1.807) is 6.92 Å². The summed E-state index contributed by atoms with van der Waals surface area (Å²) in [5, 5.41) is 50.5. The molecule has 0 aromatic rings. The van der Waals surface area contributed by atoms with Crippen molar-refractivity contribution >= 4 is 137 Å². The van der Waals surface area contributed by atoms with E-state index in [4.69, 9.17) is 73.2 Å². The van der Waals surface area contributed by atoms with Gasteiger partial charge in [-0.05, 0) is 125 Å². The fourth-order valence-corrected chi connectivity index (χ4v) is 15.5. The number of carboxylic acids is 2. The van der Waals surface area contributed by atoms with Gasteiger partial charge in [0.15, 0.2) is 23.8 Å². The molecule has 6 unspecified atom stereocenters. The lowest BCUT2D eigenvalue weighted by Gasteiger charge is -2.44. The molecular formula is C69H108B10F6N4O17. The maximum absolute atomic E-state index is 13.3. The second-order valence-electron chi connectivity index (χ2n) is 33.4. The number of carbonyl (C=O) groups is 11. The Balaban J connectivity index is 0.000000350. The van der Waals surface area contributed by atoms with E-state index in [-0.39, 0.29) is 67.2 Å². The number of primary amides is 2. The number of ketones is 4. The van der Waals surface area contributed by atoms with Crippen molar-refractivity contribution in [3.05, 3.63) is 0 Å². The summed E-state index contributed by atoms with van der Waals surface area (Å²) in [7, 11) is 33.0. The number of aliphatic hydroxyl groups excluding tert-OH is 3. The fraction of sp³-hybridized carbons (Fsp3) is 0.841. The number of nitrogens with two attached hydrogens (primary N) is 2. The second kappa shape index (κ2) is 37.9. The standard InChI is InChI=1S/C20H30F2N2O4.C20H28F2N2O4.C17H28O4.C6H10O3.C4H4F2O2.2CH4.B10/c2*1-18(5-2-3-6-18)10-13(24-17(28)12-9-20(12,21)22)14(25)11-19(7-4-8-19)15(26)16(23)27;1-12(10-16(2)6-4-5-7-16)13(18)11-17(8-9-17)14(19)15(20)21-3;1-6(2-3-6)4(7)5(8)9;5-4(6)1-2(4)3(7)8;;;1-7(2)10(8(3)4)9(5)6/h12-13,15,26H,2-11H2,1H3,(H2,23,27)(H,24,28);12-13H,2-11H2,1H3,(H2,23,27)(H,24,28);12,14,19H,4-11H2,1-3H3;4,7H,2-3H2,1H3,(H,8,9);2H,1H2,(H,7,8);2*1H4;/t12?,13-,15?;12?,13-;12-,14?;;;;;/m000...../s1. The van der Waals surface area contributed by atoms with Crippen LogP contribution < -0.4 is 22.1 Å². The zero-order valence-corrected chi connectivity index (χ0v) is 60.9. The molecule has 0 spiro atoms. The Kier molecular flexibility index (Phi) is 34.0. The Morgan fingerprint density at radius 2 is 0.821 bits per heavy atom. The lowest BCUT2D eigenvalue weighted by Crippen LogP contribution is -2.62. The molecule has 10 fully saturated rings. The number of halogens is 6. The summed E-state index contributed by atoms with van der Waals surface area (Å²) in [6.07, 6.45) is 13.2. The molecule has 9 atom stereocenters. The number of esters is 1. The number of methoxy groups -OCH3 is 1. The Morgan fingerprint density at radius 3 is 1.06 bits per heavy atom. The zero-order valence-electron chi connectivity index (χ0n) is 60.9. The highest BCUT2D eigenvalue weighted by molar-refractivity contribution is 8.00. The van der Waals surface area contributed by atoms with E-state index in [0.29, 0.717) is 50.4 Å². The van der Waals surface area contributed by atoms with Crippen molar-refractivity contribution < 1.29 is 109 Å². The van der Waals surface area contributed by atoms with Gasteiger partial charge in [-0.25, -0.2) is 35.9 Å². The Morgan fingerprint density at radius 1 is 0.481 bits per heavy atom. The predicted molar refractivity (Wildman–Crippen MR) is 396 cm³/mol. The molecule has 10 aliphatic carbocycles. The van der Waals surface area contributed by atoms with E-state index in [0.717, 1.165) is 96.3 Å². The van der Waals surface area contributed by atoms with Gasteiger partial charge in [-0.3, -0.25) is 43.2 Å². The highest BCUT2D eigenvalue weighted by Gasteiger charge is 2.64. The van der Waals surface area contributed by atoms with Crippen LogP contribution in [0.3, 0.4) is 0 Å². The number of nitrogens with one attached hydrogen (secondary N) is 2. The van der Waals surface area contributed by atoms with Gasteiger partial charge >= 0.3 is 17.9 Å². The molecule has 0 aromatic heterocycles. The number of aliphatic carboxylic acids is 2. The van der Waals surface area contributed by atoms with Crippen LogP contribution in [0.4, 0.5) is 26.3 Å². The molecule has 0 heterocycles. The largest absolute Gasteiger partial charge is 0.481 e. The van der Waals surface area contributed by atoms with Crippen molar-refractivity contribution in [2.24, 2.45) is 73.0 Å². The first kappa shape index (κ1) is 95.3. The molecule has 0 bridgehead atoms. The minimum absolute atomic E-state index is 0. The summed E-state index contributed by atoms with van der Waals surface area (Å²) in [6.45, 7) is 10.1. The first-order valence-electron chi connectivity index (χ1n) is 36.4. The van der Waals surface area contributed by atoms with Crippen molar-refractivity contribution in [3.8, 4) is 0 Å². The third kappa shape index (κ3) is 26.1. The van der Waals surface area contributed by atoms with Crippen LogP contribution in [-0.4, -0.2) is 217 Å². The molecule has 0 aliphatic heterocycles. The minimum Gasteiger partial charge on any atom is -0.481 e. The maximum atomic E-state index is 13.3. The number of amides is 4. The molecule has 10 rings (SSSR count). The lowest BCUT2D eigenvalue weighted by atomic mass is 8.58. The normalized spacial score (nSPS) is 25.1. The number of hydrogen-bond donors (Lipinski definition) is 9. The summed E-state index contributed by atoms with van der Waals surface area (Å²) < 4.78 is 81.0. The predicted octanol–water partition coefficient (Wildman–Crippen LogP) is 5.64. The monoisotopic (exact) mass is 1490 g/mol. The quantitative estimate of drug-likeness (QED) is 0.0175. The van der Waals surface area contributed by atoms with Crippen LogP contribution in [0.25, 0.3) is 0 Å². The van der Waals surface area contributed by atoms with Gasteiger partial charge in [-0.1, -0.05) is 101 Å². The van der Waals surface area contributed by atoms with Crippen molar-refractivity contribution in [1.29, 1.82) is 0 Å². The third-order valence-electron chi connectivity index (χ3n) is 23.9. The summed E-state index contributed by atoms with van der Waals surface area (Å²) in [6, 6.07) is -1.81. The van der Waals surface area contributed by atoms with Gasteiger partial charge in [0.25, 0.3) is 23.7 Å². The summed E-state index contributed by atoms with van der Waals surface area (Å²) in [5.74, 6) is -21.0. The van der Waals surface area contributed by atoms with Gasteiger partial charge < -0.3 is 52.4 Å². The molecule has 37 heteroatoms. The van der Waals surface area contributed by atoms with Crippen molar-refractivity contribution in [2.75, 3.05) is 7.11 Å². The Hall–Kier alpha value is -4.92. The summed E-state index contributed by atoms with van der Waals surface area (Å²) >= 11 is 0. The molecule has 11 N–H and O–H groups in total. The topological polar surface area (TPSA) is 374 Å². The molecule has 10 aliphatic rings. The summed E-state index contributed by atoms with van der Waals surface area (Å²) in [5.41, 5.74) is 7.55. The first-order chi connectivity index (χ1) is 47.8. The number of Topliss-reactive ketones (excluding diaryl/α,β-unsaturated/α-hetero) is 4. The number of rotatable bonds is 31. The van der Waals surface area contributed by atoms with E-state index in [1.165, 1.54) is 32.8 Å². The molecule has 21 nitrogen and oxygen atoms in total. The number of carbonyl (C=O) groups excluding carboxylic acids is 9. The van der Waals surface area contributed by atoms with Crippen molar-refractivity contribution in [2.45, 2.75) is 297 Å². The smallest absolute Gasteiger partial charge is 0.335 e. The molecule has 4 amide bonds. The van der Waals surface area contributed by atoms with E-state index < -0.39 is 174 Å². The van der Waals surface area contributed by atoms with E-state index >= 15 is 0 Å². The van der Waals surface area contributed by atoms with E-state index in [1.807, 2.05) is 13.8 Å². The summed E-state index contributed by atoms with van der Waals surface area (Å²) in [4.78, 5) is 129. The van der Waals surface area contributed by atoms with Crippen LogP contribution in [0.5, 0.6) is 0 Å².